The molecule has 2 rings (SSSR count). The van der Waals surface area contributed by atoms with Gasteiger partial charge in [-0.15, -0.1) is 0 Å². The fourth-order valence-corrected chi connectivity index (χ4v) is 4.00. The standard InChI is InChI=1S/C19H31N/c1-13(2)16-7-8-17(12-20-5)19(11-16)18-9-6-14(3)10-15(18)4/h6,9-10,13,16-17,19-20H,7-8,11-12H2,1-5H3. The Hall–Kier alpha value is -0.820. The summed E-state index contributed by atoms with van der Waals surface area (Å²) in [6.45, 7) is 10.4. The van der Waals surface area contributed by atoms with Crippen LogP contribution in [0.1, 0.15) is 55.7 Å². The Morgan fingerprint density at radius 1 is 1.20 bits per heavy atom. The monoisotopic (exact) mass is 273 g/mol. The lowest BCUT2D eigenvalue weighted by Gasteiger charge is -2.39. The summed E-state index contributed by atoms with van der Waals surface area (Å²) >= 11 is 0. The topological polar surface area (TPSA) is 12.0 Å². The first kappa shape index (κ1) is 15.6. The van der Waals surface area contributed by atoms with Crippen LogP contribution >= 0.6 is 0 Å². The maximum Gasteiger partial charge on any atom is -0.00177 e. The van der Waals surface area contributed by atoms with Crippen molar-refractivity contribution in [2.24, 2.45) is 17.8 Å². The summed E-state index contributed by atoms with van der Waals surface area (Å²) in [7, 11) is 2.09. The molecular formula is C19H31N. The van der Waals surface area contributed by atoms with E-state index in [4.69, 9.17) is 0 Å². The first-order valence-corrected chi connectivity index (χ1v) is 8.24. The van der Waals surface area contributed by atoms with E-state index in [0.717, 1.165) is 30.2 Å². The quantitative estimate of drug-likeness (QED) is 0.840. The van der Waals surface area contributed by atoms with Crippen LogP contribution in [0.2, 0.25) is 0 Å². The second-order valence-corrected chi connectivity index (χ2v) is 7.10. The summed E-state index contributed by atoms with van der Waals surface area (Å²) in [6, 6.07) is 7.03. The molecule has 1 fully saturated rings. The number of aryl methyl sites for hydroxylation is 2. The summed E-state index contributed by atoms with van der Waals surface area (Å²) in [4.78, 5) is 0. The Bertz CT molecular complexity index is 435. The van der Waals surface area contributed by atoms with E-state index in [9.17, 15) is 0 Å². The lowest BCUT2D eigenvalue weighted by molar-refractivity contribution is 0.192. The molecule has 1 aliphatic rings. The predicted molar refractivity (Wildman–Crippen MR) is 88.3 cm³/mol. The molecule has 1 aliphatic carbocycles. The van der Waals surface area contributed by atoms with Crippen molar-refractivity contribution >= 4 is 0 Å². The van der Waals surface area contributed by atoms with E-state index in [-0.39, 0.29) is 0 Å². The number of rotatable bonds is 4. The first-order chi connectivity index (χ1) is 9.52. The fourth-order valence-electron chi connectivity index (χ4n) is 4.00. The summed E-state index contributed by atoms with van der Waals surface area (Å²) in [6.07, 6.45) is 4.15. The normalized spacial score (nSPS) is 27.0. The SMILES string of the molecule is CNCC1CCC(C(C)C)CC1c1ccc(C)cc1C. The van der Waals surface area contributed by atoms with Crippen LogP contribution in [0.15, 0.2) is 18.2 Å². The van der Waals surface area contributed by atoms with Gasteiger partial charge in [0.05, 0.1) is 0 Å². The van der Waals surface area contributed by atoms with Crippen LogP contribution in [-0.4, -0.2) is 13.6 Å². The van der Waals surface area contributed by atoms with Crippen LogP contribution < -0.4 is 5.32 Å². The third kappa shape index (κ3) is 3.44. The molecule has 0 amide bonds. The highest BCUT2D eigenvalue weighted by molar-refractivity contribution is 5.34. The third-order valence-corrected chi connectivity index (χ3v) is 5.27. The summed E-state index contributed by atoms with van der Waals surface area (Å²) in [5, 5.41) is 3.41. The van der Waals surface area contributed by atoms with Gasteiger partial charge >= 0.3 is 0 Å². The van der Waals surface area contributed by atoms with Gasteiger partial charge in [-0.25, -0.2) is 0 Å². The van der Waals surface area contributed by atoms with E-state index in [2.05, 4.69) is 58.3 Å². The molecule has 20 heavy (non-hydrogen) atoms. The molecule has 3 atom stereocenters. The molecule has 0 spiro atoms. The van der Waals surface area contributed by atoms with Crippen molar-refractivity contribution in [3.8, 4) is 0 Å². The fraction of sp³-hybridized carbons (Fsp3) is 0.684. The van der Waals surface area contributed by atoms with Gasteiger partial charge in [0.15, 0.2) is 0 Å². The highest BCUT2D eigenvalue weighted by Gasteiger charge is 2.32. The van der Waals surface area contributed by atoms with E-state index < -0.39 is 0 Å². The smallest absolute Gasteiger partial charge is 0.00177 e. The average molecular weight is 273 g/mol. The van der Waals surface area contributed by atoms with E-state index in [1.165, 1.54) is 30.4 Å². The van der Waals surface area contributed by atoms with E-state index in [1.54, 1.807) is 5.56 Å². The van der Waals surface area contributed by atoms with Crippen molar-refractivity contribution < 1.29 is 0 Å². The summed E-state index contributed by atoms with van der Waals surface area (Å²) in [5.74, 6) is 3.26. The lowest BCUT2D eigenvalue weighted by atomic mass is 9.67. The zero-order chi connectivity index (χ0) is 14.7. The summed E-state index contributed by atoms with van der Waals surface area (Å²) in [5.41, 5.74) is 4.47. The van der Waals surface area contributed by atoms with Crippen molar-refractivity contribution in [2.45, 2.75) is 52.9 Å². The molecule has 0 radical (unpaired) electrons. The zero-order valence-corrected chi connectivity index (χ0v) is 13.9. The van der Waals surface area contributed by atoms with Crippen LogP contribution in [-0.2, 0) is 0 Å². The summed E-state index contributed by atoms with van der Waals surface area (Å²) < 4.78 is 0. The molecule has 1 saturated carbocycles. The maximum absolute atomic E-state index is 3.41. The van der Waals surface area contributed by atoms with E-state index in [0.29, 0.717) is 0 Å². The van der Waals surface area contributed by atoms with E-state index in [1.807, 2.05) is 0 Å². The second kappa shape index (κ2) is 6.76. The molecule has 0 aliphatic heterocycles. The number of nitrogens with one attached hydrogen (secondary N) is 1. The van der Waals surface area contributed by atoms with Gasteiger partial charge in [0, 0.05) is 0 Å². The highest BCUT2D eigenvalue weighted by Crippen LogP contribution is 2.43. The van der Waals surface area contributed by atoms with Gasteiger partial charge in [-0.3, -0.25) is 0 Å². The zero-order valence-electron chi connectivity index (χ0n) is 13.9. The van der Waals surface area contributed by atoms with Crippen LogP contribution in [0.3, 0.4) is 0 Å². The van der Waals surface area contributed by atoms with Crippen LogP contribution in [0.25, 0.3) is 0 Å². The highest BCUT2D eigenvalue weighted by atomic mass is 14.8. The minimum Gasteiger partial charge on any atom is -0.319 e. The molecule has 1 aromatic rings. The Kier molecular flexibility index (Phi) is 5.26. The van der Waals surface area contributed by atoms with Gasteiger partial charge in [-0.1, -0.05) is 37.6 Å². The van der Waals surface area contributed by atoms with Gasteiger partial charge in [0.25, 0.3) is 0 Å². The molecule has 0 aromatic heterocycles. The van der Waals surface area contributed by atoms with Gasteiger partial charge in [-0.2, -0.15) is 0 Å². The lowest BCUT2D eigenvalue weighted by Crippen LogP contribution is -2.32. The second-order valence-electron chi connectivity index (χ2n) is 7.10. The Balaban J connectivity index is 2.26. The maximum atomic E-state index is 3.41. The minimum atomic E-state index is 0.740. The predicted octanol–water partition coefficient (Wildman–Crippen LogP) is 4.68. The van der Waals surface area contributed by atoms with Crippen LogP contribution in [0, 0.1) is 31.6 Å². The van der Waals surface area contributed by atoms with Gasteiger partial charge in [0.2, 0.25) is 0 Å². The molecule has 3 unspecified atom stereocenters. The van der Waals surface area contributed by atoms with Crippen molar-refractivity contribution in [1.29, 1.82) is 0 Å². The van der Waals surface area contributed by atoms with Crippen molar-refractivity contribution in [1.82, 2.24) is 5.32 Å². The van der Waals surface area contributed by atoms with Crippen molar-refractivity contribution in [3.05, 3.63) is 34.9 Å². The Morgan fingerprint density at radius 2 is 1.95 bits per heavy atom. The molecule has 0 saturated heterocycles. The molecule has 1 heteroatoms. The Morgan fingerprint density at radius 3 is 2.55 bits per heavy atom. The molecule has 1 aromatic carbocycles. The van der Waals surface area contributed by atoms with Crippen molar-refractivity contribution in [3.63, 3.8) is 0 Å². The number of benzene rings is 1. The molecule has 112 valence electrons. The van der Waals surface area contributed by atoms with Gasteiger partial charge < -0.3 is 5.32 Å². The van der Waals surface area contributed by atoms with Crippen molar-refractivity contribution in [2.75, 3.05) is 13.6 Å². The minimum absolute atomic E-state index is 0.740. The molecular weight excluding hydrogens is 242 g/mol. The first-order valence-electron chi connectivity index (χ1n) is 8.24. The third-order valence-electron chi connectivity index (χ3n) is 5.27. The van der Waals surface area contributed by atoms with Gasteiger partial charge in [0.1, 0.15) is 0 Å². The largest absolute Gasteiger partial charge is 0.319 e. The number of hydrogen-bond acceptors (Lipinski definition) is 1. The molecule has 1 nitrogen and oxygen atoms in total. The molecule has 0 heterocycles. The average Bonchev–Trinajstić information content (AvgIpc) is 2.40. The van der Waals surface area contributed by atoms with Gasteiger partial charge in [-0.05, 0) is 81.5 Å². The van der Waals surface area contributed by atoms with Crippen LogP contribution in [0.5, 0.6) is 0 Å². The number of hydrogen-bond donors (Lipinski definition) is 1. The molecule has 1 N–H and O–H groups in total. The molecule has 0 bridgehead atoms. The van der Waals surface area contributed by atoms with E-state index >= 15 is 0 Å². The van der Waals surface area contributed by atoms with Crippen LogP contribution in [0.4, 0.5) is 0 Å². The Labute approximate surface area is 125 Å².